The van der Waals surface area contributed by atoms with Crippen molar-refractivity contribution >= 4 is 22.4 Å². The van der Waals surface area contributed by atoms with E-state index >= 15 is 0 Å². The van der Waals surface area contributed by atoms with Crippen LogP contribution in [0.4, 0.5) is 5.13 Å². The zero-order chi connectivity index (χ0) is 18.4. The molecular weight excluding hydrogens is 346 g/mol. The lowest BCUT2D eigenvalue weighted by molar-refractivity contribution is -0.117. The van der Waals surface area contributed by atoms with Gasteiger partial charge in [-0.25, -0.2) is 0 Å². The second-order valence-corrected chi connectivity index (χ2v) is 6.91. The largest absolute Gasteiger partial charge is 0.496 e. The van der Waals surface area contributed by atoms with Crippen molar-refractivity contribution < 1.29 is 9.53 Å². The minimum atomic E-state index is -0.197. The van der Waals surface area contributed by atoms with Crippen molar-refractivity contribution in [3.63, 3.8) is 0 Å². The summed E-state index contributed by atoms with van der Waals surface area (Å²) in [4.78, 5) is 12.6. The Morgan fingerprint density at radius 3 is 2.58 bits per heavy atom. The van der Waals surface area contributed by atoms with Crippen molar-refractivity contribution in [1.29, 1.82) is 0 Å². The first kappa shape index (κ1) is 18.1. The standard InChI is InChI=1S/C20H21N3O2S/c1-3-16(14-9-5-4-6-10-14)19(24)21-20-23-22-18(26-20)13-15-11-7-8-12-17(15)25-2/h4-12,16H,3,13H2,1-2H3,(H,21,23,24). The van der Waals surface area contributed by atoms with E-state index in [1.54, 1.807) is 7.11 Å². The zero-order valence-electron chi connectivity index (χ0n) is 14.8. The lowest BCUT2D eigenvalue weighted by atomic mass is 9.96. The van der Waals surface area contributed by atoms with Crippen molar-refractivity contribution in [2.24, 2.45) is 0 Å². The fourth-order valence-electron chi connectivity index (χ4n) is 2.84. The molecule has 0 spiro atoms. The number of methoxy groups -OCH3 is 1. The average molecular weight is 367 g/mol. The normalized spacial score (nSPS) is 11.8. The van der Waals surface area contributed by atoms with Gasteiger partial charge in [-0.2, -0.15) is 0 Å². The maximum absolute atomic E-state index is 12.6. The number of para-hydroxylation sites is 1. The van der Waals surface area contributed by atoms with E-state index in [9.17, 15) is 4.79 Å². The van der Waals surface area contributed by atoms with Crippen LogP contribution in [0.15, 0.2) is 54.6 Å². The molecule has 0 aliphatic rings. The van der Waals surface area contributed by atoms with Gasteiger partial charge in [0.15, 0.2) is 0 Å². The van der Waals surface area contributed by atoms with E-state index in [0.717, 1.165) is 28.3 Å². The van der Waals surface area contributed by atoms with Crippen molar-refractivity contribution in [1.82, 2.24) is 10.2 Å². The molecule has 2 aromatic carbocycles. The highest BCUT2D eigenvalue weighted by atomic mass is 32.1. The minimum absolute atomic E-state index is 0.0568. The number of rotatable bonds is 7. The zero-order valence-corrected chi connectivity index (χ0v) is 15.6. The molecule has 0 bridgehead atoms. The van der Waals surface area contributed by atoms with Gasteiger partial charge in [0.25, 0.3) is 0 Å². The maximum atomic E-state index is 12.6. The van der Waals surface area contributed by atoms with E-state index in [1.807, 2.05) is 61.5 Å². The molecule has 0 saturated carbocycles. The van der Waals surface area contributed by atoms with Gasteiger partial charge < -0.3 is 4.74 Å². The summed E-state index contributed by atoms with van der Waals surface area (Å²) in [7, 11) is 1.65. The third-order valence-corrected chi connectivity index (χ3v) is 5.00. The number of ether oxygens (including phenoxy) is 1. The van der Waals surface area contributed by atoms with Crippen LogP contribution in [0.3, 0.4) is 0 Å². The van der Waals surface area contributed by atoms with Gasteiger partial charge in [-0.15, -0.1) is 10.2 Å². The van der Waals surface area contributed by atoms with Crippen LogP contribution in [0.5, 0.6) is 5.75 Å². The Kier molecular flexibility index (Phi) is 5.96. The number of nitrogens with zero attached hydrogens (tertiary/aromatic N) is 2. The first-order valence-electron chi connectivity index (χ1n) is 8.51. The summed E-state index contributed by atoms with van der Waals surface area (Å²) in [6.45, 7) is 2.00. The van der Waals surface area contributed by atoms with Gasteiger partial charge in [0.1, 0.15) is 10.8 Å². The lowest BCUT2D eigenvalue weighted by Gasteiger charge is -2.13. The molecule has 1 heterocycles. The lowest BCUT2D eigenvalue weighted by Crippen LogP contribution is -2.20. The first-order valence-corrected chi connectivity index (χ1v) is 9.33. The van der Waals surface area contributed by atoms with E-state index in [4.69, 9.17) is 4.74 Å². The molecule has 0 aliphatic heterocycles. The van der Waals surface area contributed by atoms with Gasteiger partial charge >= 0.3 is 0 Å². The summed E-state index contributed by atoms with van der Waals surface area (Å²) in [6, 6.07) is 17.6. The number of amides is 1. The Morgan fingerprint density at radius 2 is 1.85 bits per heavy atom. The molecule has 3 rings (SSSR count). The fourth-order valence-corrected chi connectivity index (χ4v) is 3.60. The molecule has 1 unspecified atom stereocenters. The molecule has 0 radical (unpaired) electrons. The monoisotopic (exact) mass is 367 g/mol. The number of benzene rings is 2. The van der Waals surface area contributed by atoms with Crippen molar-refractivity contribution in [2.45, 2.75) is 25.7 Å². The molecule has 26 heavy (non-hydrogen) atoms. The number of carbonyl (C=O) groups excluding carboxylic acids is 1. The van der Waals surface area contributed by atoms with Gasteiger partial charge in [-0.05, 0) is 18.1 Å². The molecule has 0 aliphatic carbocycles. The molecule has 134 valence electrons. The van der Waals surface area contributed by atoms with E-state index in [1.165, 1.54) is 11.3 Å². The van der Waals surface area contributed by atoms with E-state index in [0.29, 0.717) is 11.6 Å². The molecular formula is C20H21N3O2S. The summed E-state index contributed by atoms with van der Waals surface area (Å²) in [5.41, 5.74) is 2.05. The smallest absolute Gasteiger partial charge is 0.233 e. The van der Waals surface area contributed by atoms with Crippen LogP contribution in [-0.2, 0) is 11.2 Å². The van der Waals surface area contributed by atoms with Crippen LogP contribution in [-0.4, -0.2) is 23.2 Å². The summed E-state index contributed by atoms with van der Waals surface area (Å²) >= 11 is 1.39. The molecule has 6 heteroatoms. The van der Waals surface area contributed by atoms with E-state index in [-0.39, 0.29) is 11.8 Å². The van der Waals surface area contributed by atoms with E-state index in [2.05, 4.69) is 15.5 Å². The Balaban J connectivity index is 1.69. The van der Waals surface area contributed by atoms with Gasteiger partial charge in [-0.1, -0.05) is 66.8 Å². The fraction of sp³-hybridized carbons (Fsp3) is 0.250. The van der Waals surface area contributed by atoms with Crippen LogP contribution in [0.1, 0.15) is 35.4 Å². The van der Waals surface area contributed by atoms with Crippen LogP contribution in [0.25, 0.3) is 0 Å². The van der Waals surface area contributed by atoms with Crippen LogP contribution in [0.2, 0.25) is 0 Å². The number of carbonyl (C=O) groups is 1. The summed E-state index contributed by atoms with van der Waals surface area (Å²) in [5.74, 6) is 0.569. The third-order valence-electron chi connectivity index (χ3n) is 4.16. The quantitative estimate of drug-likeness (QED) is 0.677. The predicted octanol–water partition coefficient (Wildman–Crippen LogP) is 4.27. The molecule has 5 nitrogen and oxygen atoms in total. The molecule has 1 atom stereocenters. The summed E-state index contributed by atoms with van der Waals surface area (Å²) < 4.78 is 5.37. The highest BCUT2D eigenvalue weighted by molar-refractivity contribution is 7.15. The number of anilines is 1. The molecule has 1 amide bonds. The average Bonchev–Trinajstić information content (AvgIpc) is 3.10. The SMILES string of the molecule is CCC(C(=O)Nc1nnc(Cc2ccccc2OC)s1)c1ccccc1. The van der Waals surface area contributed by atoms with Gasteiger partial charge in [0.05, 0.1) is 13.0 Å². The van der Waals surface area contributed by atoms with Gasteiger partial charge in [-0.3, -0.25) is 10.1 Å². The first-order chi connectivity index (χ1) is 12.7. The van der Waals surface area contributed by atoms with Crippen LogP contribution < -0.4 is 10.1 Å². The van der Waals surface area contributed by atoms with Crippen molar-refractivity contribution in [3.05, 3.63) is 70.7 Å². The Morgan fingerprint density at radius 1 is 1.12 bits per heavy atom. The molecule has 3 aromatic rings. The second kappa shape index (κ2) is 8.58. The summed E-state index contributed by atoms with van der Waals surface area (Å²) in [5, 5.41) is 12.6. The third kappa shape index (κ3) is 4.26. The Hall–Kier alpha value is -2.73. The Bertz CT molecular complexity index is 864. The molecule has 1 aromatic heterocycles. The highest BCUT2D eigenvalue weighted by Gasteiger charge is 2.20. The molecule has 0 saturated heterocycles. The summed E-state index contributed by atoms with van der Waals surface area (Å²) in [6.07, 6.45) is 1.34. The highest BCUT2D eigenvalue weighted by Crippen LogP contribution is 2.26. The maximum Gasteiger partial charge on any atom is 0.233 e. The molecule has 1 N–H and O–H groups in total. The minimum Gasteiger partial charge on any atom is -0.496 e. The number of aromatic nitrogens is 2. The van der Waals surface area contributed by atoms with Crippen LogP contribution >= 0.6 is 11.3 Å². The molecule has 0 fully saturated rings. The number of nitrogens with one attached hydrogen (secondary N) is 1. The predicted molar refractivity (Wildman–Crippen MR) is 104 cm³/mol. The van der Waals surface area contributed by atoms with Crippen molar-refractivity contribution in [3.8, 4) is 5.75 Å². The van der Waals surface area contributed by atoms with Crippen LogP contribution in [0, 0.1) is 0 Å². The van der Waals surface area contributed by atoms with Gasteiger partial charge in [0, 0.05) is 12.0 Å². The second-order valence-electron chi connectivity index (χ2n) is 5.85. The van der Waals surface area contributed by atoms with Crippen molar-refractivity contribution in [2.75, 3.05) is 12.4 Å². The topological polar surface area (TPSA) is 64.1 Å². The number of hydrogen-bond acceptors (Lipinski definition) is 5. The van der Waals surface area contributed by atoms with Gasteiger partial charge in [0.2, 0.25) is 11.0 Å². The number of hydrogen-bond donors (Lipinski definition) is 1. The Labute approximate surface area is 157 Å². The van der Waals surface area contributed by atoms with E-state index < -0.39 is 0 Å².